The van der Waals surface area contributed by atoms with E-state index in [0.29, 0.717) is 17.4 Å². The molecule has 5 nitrogen and oxygen atoms in total. The second kappa shape index (κ2) is 6.66. The van der Waals surface area contributed by atoms with Crippen LogP contribution in [-0.2, 0) is 11.3 Å². The highest BCUT2D eigenvalue weighted by Crippen LogP contribution is 2.14. The van der Waals surface area contributed by atoms with Crippen molar-refractivity contribution in [3.63, 3.8) is 0 Å². The van der Waals surface area contributed by atoms with Gasteiger partial charge in [-0.05, 0) is 38.1 Å². The van der Waals surface area contributed by atoms with Crippen molar-refractivity contribution in [2.24, 2.45) is 0 Å². The standard InChI is InChI=1S/C19H19N3O2/c1-3-22(15-7-5-4-6-8-15)18(23)12-21-13-20-17-10-9-14(2)11-16(17)19(21)24/h4-11,13H,3,12H2,1-2H3. The summed E-state index contributed by atoms with van der Waals surface area (Å²) in [6, 6.07) is 15.0. The first kappa shape index (κ1) is 15.9. The fraction of sp³-hybridized carbons (Fsp3) is 0.211. The zero-order valence-electron chi connectivity index (χ0n) is 13.8. The minimum Gasteiger partial charge on any atom is -0.311 e. The number of carbonyl (C=O) groups is 1. The van der Waals surface area contributed by atoms with Crippen molar-refractivity contribution >= 4 is 22.5 Å². The maximum atomic E-state index is 12.6. The van der Waals surface area contributed by atoms with E-state index in [2.05, 4.69) is 4.98 Å². The van der Waals surface area contributed by atoms with Crippen LogP contribution in [0.25, 0.3) is 10.9 Å². The van der Waals surface area contributed by atoms with Gasteiger partial charge in [-0.2, -0.15) is 0 Å². The number of aryl methyl sites for hydroxylation is 1. The molecule has 5 heteroatoms. The Hall–Kier alpha value is -2.95. The van der Waals surface area contributed by atoms with Crippen LogP contribution in [0.1, 0.15) is 12.5 Å². The third kappa shape index (κ3) is 3.06. The molecule has 0 atom stereocenters. The summed E-state index contributed by atoms with van der Waals surface area (Å²) in [6.45, 7) is 4.35. The second-order valence-electron chi connectivity index (χ2n) is 5.67. The SMILES string of the molecule is CCN(C(=O)Cn1cnc2ccc(C)cc2c1=O)c1ccccc1. The number of benzene rings is 2. The van der Waals surface area contributed by atoms with E-state index in [4.69, 9.17) is 0 Å². The summed E-state index contributed by atoms with van der Waals surface area (Å²) >= 11 is 0. The molecule has 0 bridgehead atoms. The van der Waals surface area contributed by atoms with Crippen LogP contribution in [0.15, 0.2) is 59.7 Å². The lowest BCUT2D eigenvalue weighted by Crippen LogP contribution is -2.36. The number of hydrogen-bond acceptors (Lipinski definition) is 3. The highest BCUT2D eigenvalue weighted by molar-refractivity contribution is 5.93. The first-order chi connectivity index (χ1) is 11.6. The van der Waals surface area contributed by atoms with Gasteiger partial charge >= 0.3 is 0 Å². The van der Waals surface area contributed by atoms with Crippen LogP contribution >= 0.6 is 0 Å². The maximum absolute atomic E-state index is 12.6. The van der Waals surface area contributed by atoms with Crippen LogP contribution in [0.2, 0.25) is 0 Å². The van der Waals surface area contributed by atoms with E-state index in [-0.39, 0.29) is 18.0 Å². The average molecular weight is 321 g/mol. The Balaban J connectivity index is 1.93. The molecule has 2 aromatic carbocycles. The number of likely N-dealkylation sites (N-methyl/N-ethyl adjacent to an activating group) is 1. The molecular formula is C19H19N3O2. The molecule has 122 valence electrons. The molecular weight excluding hydrogens is 302 g/mol. The van der Waals surface area contributed by atoms with E-state index in [9.17, 15) is 9.59 Å². The normalized spacial score (nSPS) is 10.8. The Morgan fingerprint density at radius 2 is 1.92 bits per heavy atom. The first-order valence-corrected chi connectivity index (χ1v) is 7.91. The topological polar surface area (TPSA) is 55.2 Å². The number of fused-ring (bicyclic) bond motifs is 1. The van der Waals surface area contributed by atoms with Crippen molar-refractivity contribution in [1.82, 2.24) is 9.55 Å². The highest BCUT2D eigenvalue weighted by Gasteiger charge is 2.15. The number of rotatable bonds is 4. The molecule has 3 rings (SSSR count). The third-order valence-corrected chi connectivity index (χ3v) is 3.97. The summed E-state index contributed by atoms with van der Waals surface area (Å²) in [6.07, 6.45) is 1.44. The van der Waals surface area contributed by atoms with Gasteiger partial charge in [0, 0.05) is 12.2 Å². The molecule has 1 aromatic heterocycles. The lowest BCUT2D eigenvalue weighted by molar-refractivity contribution is -0.119. The van der Waals surface area contributed by atoms with Crippen LogP contribution < -0.4 is 10.5 Å². The van der Waals surface area contributed by atoms with Gasteiger partial charge in [0.25, 0.3) is 5.56 Å². The molecule has 0 aliphatic rings. The predicted molar refractivity (Wildman–Crippen MR) is 95.2 cm³/mol. The van der Waals surface area contributed by atoms with Crippen molar-refractivity contribution in [3.05, 3.63) is 70.8 Å². The van der Waals surface area contributed by atoms with Crippen molar-refractivity contribution in [2.45, 2.75) is 20.4 Å². The van der Waals surface area contributed by atoms with Crippen molar-refractivity contribution in [2.75, 3.05) is 11.4 Å². The number of anilines is 1. The molecule has 0 aliphatic carbocycles. The highest BCUT2D eigenvalue weighted by atomic mass is 16.2. The smallest absolute Gasteiger partial charge is 0.261 e. The van der Waals surface area contributed by atoms with Gasteiger partial charge in [-0.1, -0.05) is 29.8 Å². The Morgan fingerprint density at radius 3 is 2.62 bits per heavy atom. The van der Waals surface area contributed by atoms with E-state index in [1.165, 1.54) is 10.9 Å². The summed E-state index contributed by atoms with van der Waals surface area (Å²) in [4.78, 5) is 31.2. The molecule has 1 amide bonds. The molecule has 0 N–H and O–H groups in total. The zero-order chi connectivity index (χ0) is 17.1. The number of aromatic nitrogens is 2. The Labute approximate surface area is 140 Å². The van der Waals surface area contributed by atoms with E-state index in [1.807, 2.05) is 56.3 Å². The number of amides is 1. The lowest BCUT2D eigenvalue weighted by Gasteiger charge is -2.21. The van der Waals surface area contributed by atoms with Gasteiger partial charge in [-0.15, -0.1) is 0 Å². The van der Waals surface area contributed by atoms with Gasteiger partial charge in [-0.3, -0.25) is 14.2 Å². The first-order valence-electron chi connectivity index (χ1n) is 7.91. The van der Waals surface area contributed by atoms with Gasteiger partial charge in [0.1, 0.15) is 6.54 Å². The van der Waals surface area contributed by atoms with E-state index in [0.717, 1.165) is 11.3 Å². The molecule has 0 fully saturated rings. The Morgan fingerprint density at radius 1 is 1.17 bits per heavy atom. The Bertz CT molecular complexity index is 932. The maximum Gasteiger partial charge on any atom is 0.261 e. The quantitative estimate of drug-likeness (QED) is 0.742. The third-order valence-electron chi connectivity index (χ3n) is 3.97. The van der Waals surface area contributed by atoms with Crippen LogP contribution in [0, 0.1) is 6.92 Å². The fourth-order valence-electron chi connectivity index (χ4n) is 2.73. The van der Waals surface area contributed by atoms with E-state index >= 15 is 0 Å². The number of para-hydroxylation sites is 1. The van der Waals surface area contributed by atoms with Crippen molar-refractivity contribution in [3.8, 4) is 0 Å². The average Bonchev–Trinajstić information content (AvgIpc) is 2.59. The van der Waals surface area contributed by atoms with Crippen LogP contribution in [0.5, 0.6) is 0 Å². The molecule has 0 saturated heterocycles. The van der Waals surface area contributed by atoms with Crippen LogP contribution in [0.4, 0.5) is 5.69 Å². The van der Waals surface area contributed by atoms with Gasteiger partial charge in [0.15, 0.2) is 0 Å². The summed E-state index contributed by atoms with van der Waals surface area (Å²) in [5.74, 6) is -0.139. The summed E-state index contributed by atoms with van der Waals surface area (Å²) in [7, 11) is 0. The number of nitrogens with zero attached hydrogens (tertiary/aromatic N) is 3. The number of hydrogen-bond donors (Lipinski definition) is 0. The van der Waals surface area contributed by atoms with Crippen LogP contribution in [-0.4, -0.2) is 22.0 Å². The molecule has 24 heavy (non-hydrogen) atoms. The van der Waals surface area contributed by atoms with Crippen molar-refractivity contribution in [1.29, 1.82) is 0 Å². The number of carbonyl (C=O) groups excluding carboxylic acids is 1. The fourth-order valence-corrected chi connectivity index (χ4v) is 2.73. The molecule has 0 spiro atoms. The van der Waals surface area contributed by atoms with Gasteiger partial charge in [-0.25, -0.2) is 4.98 Å². The summed E-state index contributed by atoms with van der Waals surface area (Å²) in [5.41, 5.74) is 2.26. The molecule has 0 saturated carbocycles. The largest absolute Gasteiger partial charge is 0.311 e. The minimum absolute atomic E-state index is 0.0293. The molecule has 0 unspecified atom stereocenters. The molecule has 0 radical (unpaired) electrons. The summed E-state index contributed by atoms with van der Waals surface area (Å²) < 4.78 is 1.37. The monoisotopic (exact) mass is 321 g/mol. The van der Waals surface area contributed by atoms with Gasteiger partial charge in [0.2, 0.25) is 5.91 Å². The van der Waals surface area contributed by atoms with Crippen LogP contribution in [0.3, 0.4) is 0 Å². The van der Waals surface area contributed by atoms with Gasteiger partial charge < -0.3 is 4.90 Å². The lowest BCUT2D eigenvalue weighted by atomic mass is 10.2. The van der Waals surface area contributed by atoms with Gasteiger partial charge in [0.05, 0.1) is 17.2 Å². The molecule has 3 aromatic rings. The molecule has 0 aliphatic heterocycles. The Kier molecular flexibility index (Phi) is 4.42. The zero-order valence-corrected chi connectivity index (χ0v) is 13.8. The van der Waals surface area contributed by atoms with E-state index in [1.54, 1.807) is 11.0 Å². The second-order valence-corrected chi connectivity index (χ2v) is 5.67. The molecule has 1 heterocycles. The predicted octanol–water partition coefficient (Wildman–Crippen LogP) is 2.76. The van der Waals surface area contributed by atoms with Crippen molar-refractivity contribution < 1.29 is 4.79 Å². The minimum atomic E-state index is -0.193. The van der Waals surface area contributed by atoms with E-state index < -0.39 is 0 Å². The summed E-state index contributed by atoms with van der Waals surface area (Å²) in [5, 5.41) is 0.535.